The molecule has 33 heavy (non-hydrogen) atoms. The van der Waals surface area contributed by atoms with Crippen molar-refractivity contribution in [2.75, 3.05) is 38.3 Å². The molecule has 2 aromatic rings. The Balaban J connectivity index is 1.18. The van der Waals surface area contributed by atoms with E-state index in [0.29, 0.717) is 11.6 Å². The smallest absolute Gasteiger partial charge is 0.249 e. The van der Waals surface area contributed by atoms with E-state index in [0.717, 1.165) is 49.8 Å². The second-order valence-electron chi connectivity index (χ2n) is 8.53. The molecule has 5 rings (SSSR count). The Labute approximate surface area is 192 Å². The van der Waals surface area contributed by atoms with Crippen LogP contribution in [0.15, 0.2) is 47.5 Å². The third kappa shape index (κ3) is 4.93. The van der Waals surface area contributed by atoms with Crippen LogP contribution in [0.2, 0.25) is 0 Å². The van der Waals surface area contributed by atoms with Gasteiger partial charge in [0, 0.05) is 38.4 Å². The predicted octanol–water partition coefficient (Wildman–Crippen LogP) is 1.72. The standard InChI is InChI=1S/C24H27N5O4/c1-16-2-5-18(6-3-16)25-23(31)19-13-22(30)27-24(26-19)29-10-8-28(9-11-29)14-17-4-7-20-21(12-17)33-15-32-20/h2-7,12,19H,8-11,13-15H2,1H3,(H,25,31)(H,26,27,30)/t19-/m0/s1. The van der Waals surface area contributed by atoms with Gasteiger partial charge in [-0.3, -0.25) is 19.8 Å². The van der Waals surface area contributed by atoms with E-state index < -0.39 is 6.04 Å². The number of aliphatic imine (C=N–C) groups is 1. The number of carbonyl (C=O) groups excluding carboxylic acids is 2. The van der Waals surface area contributed by atoms with Gasteiger partial charge in [0.05, 0.1) is 6.42 Å². The first-order chi connectivity index (χ1) is 16.0. The molecule has 9 heteroatoms. The van der Waals surface area contributed by atoms with Crippen molar-refractivity contribution in [1.82, 2.24) is 15.1 Å². The molecule has 0 bridgehead atoms. The number of nitrogens with zero attached hydrogens (tertiary/aromatic N) is 3. The van der Waals surface area contributed by atoms with E-state index in [4.69, 9.17) is 9.47 Å². The van der Waals surface area contributed by atoms with Crippen LogP contribution in [0.4, 0.5) is 5.69 Å². The van der Waals surface area contributed by atoms with Crippen LogP contribution in [-0.2, 0) is 16.1 Å². The van der Waals surface area contributed by atoms with Gasteiger partial charge >= 0.3 is 0 Å². The molecule has 2 amide bonds. The molecule has 0 aliphatic carbocycles. The van der Waals surface area contributed by atoms with Gasteiger partial charge < -0.3 is 19.7 Å². The van der Waals surface area contributed by atoms with Crippen LogP contribution in [0.5, 0.6) is 11.5 Å². The summed E-state index contributed by atoms with van der Waals surface area (Å²) in [6.07, 6.45) is 0.0469. The first-order valence-electron chi connectivity index (χ1n) is 11.1. The lowest BCUT2D eigenvalue weighted by molar-refractivity contribution is -0.125. The maximum Gasteiger partial charge on any atom is 0.249 e. The van der Waals surface area contributed by atoms with Crippen molar-refractivity contribution in [2.45, 2.75) is 25.9 Å². The lowest BCUT2D eigenvalue weighted by atomic mass is 10.1. The molecule has 0 radical (unpaired) electrons. The number of hydrogen-bond acceptors (Lipinski definition) is 7. The summed E-state index contributed by atoms with van der Waals surface area (Å²) >= 11 is 0. The van der Waals surface area contributed by atoms with Gasteiger partial charge in [-0.2, -0.15) is 0 Å². The summed E-state index contributed by atoms with van der Waals surface area (Å²) in [5.41, 5.74) is 2.98. The average molecular weight is 450 g/mol. The maximum atomic E-state index is 12.7. The molecule has 0 aromatic heterocycles. The minimum Gasteiger partial charge on any atom is -0.454 e. The van der Waals surface area contributed by atoms with E-state index >= 15 is 0 Å². The van der Waals surface area contributed by atoms with Crippen molar-refractivity contribution in [3.63, 3.8) is 0 Å². The Kier molecular flexibility index (Phi) is 5.87. The fraction of sp³-hybridized carbons (Fsp3) is 0.375. The first-order valence-corrected chi connectivity index (χ1v) is 11.1. The third-order valence-electron chi connectivity index (χ3n) is 6.04. The maximum absolute atomic E-state index is 12.7. The molecule has 0 unspecified atom stereocenters. The summed E-state index contributed by atoms with van der Waals surface area (Å²) < 4.78 is 10.8. The van der Waals surface area contributed by atoms with Crippen molar-refractivity contribution >= 4 is 23.5 Å². The number of aryl methyl sites for hydroxylation is 1. The van der Waals surface area contributed by atoms with Crippen molar-refractivity contribution in [3.8, 4) is 11.5 Å². The van der Waals surface area contributed by atoms with E-state index in [1.165, 1.54) is 5.56 Å². The SMILES string of the molecule is Cc1ccc(NC(=O)[C@@H]2CC(=O)NC(N3CCN(Cc4ccc5c(c4)OCO5)CC3)=N2)cc1. The minimum atomic E-state index is -0.735. The molecule has 0 saturated carbocycles. The Morgan fingerprint density at radius 3 is 2.64 bits per heavy atom. The van der Waals surface area contributed by atoms with Gasteiger partial charge in [0.1, 0.15) is 6.04 Å². The quantitative estimate of drug-likeness (QED) is 0.738. The number of guanidine groups is 1. The molecule has 2 N–H and O–H groups in total. The summed E-state index contributed by atoms with van der Waals surface area (Å²) in [5.74, 6) is 1.61. The second kappa shape index (κ2) is 9.11. The highest BCUT2D eigenvalue weighted by Gasteiger charge is 2.30. The van der Waals surface area contributed by atoms with Crippen LogP contribution in [0, 0.1) is 6.92 Å². The fourth-order valence-corrected chi connectivity index (χ4v) is 4.17. The Bertz CT molecular complexity index is 1080. The molecule has 3 aliphatic heterocycles. The van der Waals surface area contributed by atoms with E-state index in [1.54, 1.807) is 0 Å². The summed E-state index contributed by atoms with van der Waals surface area (Å²) in [4.78, 5) is 34.0. The number of benzene rings is 2. The van der Waals surface area contributed by atoms with Gasteiger partial charge in [0.25, 0.3) is 0 Å². The molecule has 3 heterocycles. The van der Waals surface area contributed by atoms with Crippen LogP contribution >= 0.6 is 0 Å². The number of piperazine rings is 1. The zero-order valence-electron chi connectivity index (χ0n) is 18.5. The average Bonchev–Trinajstić information content (AvgIpc) is 3.28. The topological polar surface area (TPSA) is 95.5 Å². The Morgan fingerprint density at radius 2 is 1.85 bits per heavy atom. The molecule has 3 aliphatic rings. The Hall–Kier alpha value is -3.59. The second-order valence-corrected chi connectivity index (χ2v) is 8.53. The van der Waals surface area contributed by atoms with Crippen LogP contribution in [0.25, 0.3) is 0 Å². The van der Waals surface area contributed by atoms with E-state index in [9.17, 15) is 9.59 Å². The number of ether oxygens (including phenoxy) is 2. The number of nitrogens with one attached hydrogen (secondary N) is 2. The highest BCUT2D eigenvalue weighted by molar-refractivity contribution is 6.06. The number of anilines is 1. The highest BCUT2D eigenvalue weighted by Crippen LogP contribution is 2.32. The molecular formula is C24H27N5O4. The lowest BCUT2D eigenvalue weighted by Gasteiger charge is -2.37. The number of fused-ring (bicyclic) bond motifs is 1. The van der Waals surface area contributed by atoms with E-state index in [1.807, 2.05) is 48.2 Å². The number of amides is 2. The monoisotopic (exact) mass is 449 g/mol. The van der Waals surface area contributed by atoms with E-state index in [2.05, 4.69) is 26.6 Å². The molecule has 1 fully saturated rings. The fourth-order valence-electron chi connectivity index (χ4n) is 4.17. The molecule has 2 aromatic carbocycles. The van der Waals surface area contributed by atoms with Crippen molar-refractivity contribution in [3.05, 3.63) is 53.6 Å². The lowest BCUT2D eigenvalue weighted by Crippen LogP contribution is -2.56. The third-order valence-corrected chi connectivity index (χ3v) is 6.04. The first kappa shape index (κ1) is 21.3. The summed E-state index contributed by atoms with van der Waals surface area (Å²) in [6.45, 7) is 6.15. The molecule has 0 spiro atoms. The van der Waals surface area contributed by atoms with Crippen LogP contribution < -0.4 is 20.1 Å². The zero-order chi connectivity index (χ0) is 22.8. The number of rotatable bonds is 4. The highest BCUT2D eigenvalue weighted by atomic mass is 16.7. The van der Waals surface area contributed by atoms with Gasteiger partial charge in [0.15, 0.2) is 11.5 Å². The number of carbonyl (C=O) groups is 2. The predicted molar refractivity (Wildman–Crippen MR) is 123 cm³/mol. The van der Waals surface area contributed by atoms with Crippen LogP contribution in [0.3, 0.4) is 0 Å². The van der Waals surface area contributed by atoms with Gasteiger partial charge in [-0.25, -0.2) is 4.99 Å². The van der Waals surface area contributed by atoms with Gasteiger partial charge in [-0.1, -0.05) is 23.8 Å². The summed E-state index contributed by atoms with van der Waals surface area (Å²) in [6, 6.07) is 12.9. The van der Waals surface area contributed by atoms with E-state index in [-0.39, 0.29) is 25.0 Å². The summed E-state index contributed by atoms with van der Waals surface area (Å²) in [5, 5.41) is 5.71. The normalized spacial score (nSPS) is 20.3. The molecule has 1 atom stereocenters. The number of hydrogen-bond donors (Lipinski definition) is 2. The molecular weight excluding hydrogens is 422 g/mol. The van der Waals surface area contributed by atoms with Crippen molar-refractivity contribution < 1.29 is 19.1 Å². The molecule has 1 saturated heterocycles. The van der Waals surface area contributed by atoms with Gasteiger partial charge in [0.2, 0.25) is 24.6 Å². The molecule has 172 valence electrons. The van der Waals surface area contributed by atoms with Gasteiger partial charge in [-0.15, -0.1) is 0 Å². The van der Waals surface area contributed by atoms with Crippen molar-refractivity contribution in [2.24, 2.45) is 4.99 Å². The van der Waals surface area contributed by atoms with Crippen LogP contribution in [0.1, 0.15) is 17.5 Å². The zero-order valence-corrected chi connectivity index (χ0v) is 18.5. The van der Waals surface area contributed by atoms with Gasteiger partial charge in [-0.05, 0) is 36.8 Å². The van der Waals surface area contributed by atoms with Crippen LogP contribution in [-0.4, -0.2) is 66.6 Å². The summed E-state index contributed by atoms with van der Waals surface area (Å²) in [7, 11) is 0. The minimum absolute atomic E-state index is 0.0469. The largest absolute Gasteiger partial charge is 0.454 e. The Morgan fingerprint density at radius 1 is 1.09 bits per heavy atom. The van der Waals surface area contributed by atoms with Crippen molar-refractivity contribution in [1.29, 1.82) is 0 Å². The molecule has 9 nitrogen and oxygen atoms in total.